The SMILES string of the molecule is CCc1cnc(CCNC(=O)N2CCC[C@@H]2C(=O)NC2CC2)s1. The maximum Gasteiger partial charge on any atom is 0.318 e. The number of aryl methyl sites for hydroxylation is 1. The van der Waals surface area contributed by atoms with Gasteiger partial charge >= 0.3 is 6.03 Å². The summed E-state index contributed by atoms with van der Waals surface area (Å²) in [7, 11) is 0. The van der Waals surface area contributed by atoms with E-state index in [1.807, 2.05) is 6.20 Å². The fourth-order valence-corrected chi connectivity index (χ4v) is 3.67. The Kier molecular flexibility index (Phi) is 5.15. The molecule has 1 atom stereocenters. The molecule has 0 radical (unpaired) electrons. The first-order valence-corrected chi connectivity index (χ1v) is 9.27. The minimum atomic E-state index is -0.304. The van der Waals surface area contributed by atoms with Crippen molar-refractivity contribution in [1.82, 2.24) is 20.5 Å². The number of nitrogens with one attached hydrogen (secondary N) is 2. The molecule has 126 valence electrons. The minimum absolute atomic E-state index is 0.00709. The summed E-state index contributed by atoms with van der Waals surface area (Å²) >= 11 is 1.70. The lowest BCUT2D eigenvalue weighted by molar-refractivity contribution is -0.124. The van der Waals surface area contributed by atoms with Gasteiger partial charge in [0.1, 0.15) is 6.04 Å². The third-order valence-corrected chi connectivity index (χ3v) is 5.51. The topological polar surface area (TPSA) is 74.3 Å². The van der Waals surface area contributed by atoms with Gasteiger partial charge in [-0.05, 0) is 32.1 Å². The Hall–Kier alpha value is -1.63. The maximum atomic E-state index is 12.3. The predicted octanol–water partition coefficient (Wildman–Crippen LogP) is 1.70. The highest BCUT2D eigenvalue weighted by atomic mass is 32.1. The first-order chi connectivity index (χ1) is 11.2. The van der Waals surface area contributed by atoms with Crippen molar-refractivity contribution in [3.05, 3.63) is 16.1 Å². The Labute approximate surface area is 140 Å². The van der Waals surface area contributed by atoms with E-state index in [1.165, 1.54) is 4.88 Å². The Bertz CT molecular complexity index is 570. The molecule has 1 aliphatic carbocycles. The van der Waals surface area contributed by atoms with Gasteiger partial charge in [-0.15, -0.1) is 11.3 Å². The maximum absolute atomic E-state index is 12.3. The molecule has 1 saturated carbocycles. The second kappa shape index (κ2) is 7.29. The van der Waals surface area contributed by atoms with E-state index >= 15 is 0 Å². The van der Waals surface area contributed by atoms with Crippen LogP contribution in [0.1, 0.15) is 42.5 Å². The first kappa shape index (κ1) is 16.2. The van der Waals surface area contributed by atoms with Crippen molar-refractivity contribution in [2.75, 3.05) is 13.1 Å². The van der Waals surface area contributed by atoms with Crippen LogP contribution in [0, 0.1) is 0 Å². The molecular formula is C16H24N4O2S. The van der Waals surface area contributed by atoms with Crippen LogP contribution in [-0.4, -0.2) is 47.0 Å². The quantitative estimate of drug-likeness (QED) is 0.830. The number of carbonyl (C=O) groups excluding carboxylic acids is 2. The van der Waals surface area contributed by atoms with Crippen molar-refractivity contribution < 1.29 is 9.59 Å². The summed E-state index contributed by atoms with van der Waals surface area (Å²) in [5.74, 6) is 0.00709. The van der Waals surface area contributed by atoms with Gasteiger partial charge in [0.05, 0.1) is 5.01 Å². The van der Waals surface area contributed by atoms with Crippen molar-refractivity contribution in [3.8, 4) is 0 Å². The normalized spacial score (nSPS) is 20.6. The monoisotopic (exact) mass is 336 g/mol. The summed E-state index contributed by atoms with van der Waals surface area (Å²) < 4.78 is 0. The average molecular weight is 336 g/mol. The molecule has 2 heterocycles. The van der Waals surface area contributed by atoms with E-state index in [0.717, 1.165) is 43.5 Å². The van der Waals surface area contributed by atoms with Gasteiger partial charge in [-0.2, -0.15) is 0 Å². The molecular weight excluding hydrogens is 312 g/mol. The van der Waals surface area contributed by atoms with E-state index in [9.17, 15) is 9.59 Å². The van der Waals surface area contributed by atoms with Gasteiger partial charge < -0.3 is 15.5 Å². The lowest BCUT2D eigenvalue weighted by Crippen LogP contribution is -2.50. The smallest absolute Gasteiger partial charge is 0.318 e. The molecule has 1 aromatic heterocycles. The Morgan fingerprint density at radius 3 is 2.91 bits per heavy atom. The van der Waals surface area contributed by atoms with Crippen molar-refractivity contribution in [2.45, 2.75) is 57.5 Å². The lowest BCUT2D eigenvalue weighted by Gasteiger charge is -2.24. The molecule has 2 N–H and O–H groups in total. The van der Waals surface area contributed by atoms with Crippen molar-refractivity contribution >= 4 is 23.3 Å². The van der Waals surface area contributed by atoms with Gasteiger partial charge in [-0.1, -0.05) is 6.92 Å². The fourth-order valence-electron chi connectivity index (χ4n) is 2.81. The zero-order valence-electron chi connectivity index (χ0n) is 13.5. The van der Waals surface area contributed by atoms with Crippen LogP contribution in [-0.2, 0) is 17.6 Å². The molecule has 2 fully saturated rings. The van der Waals surface area contributed by atoms with Crippen LogP contribution in [0.25, 0.3) is 0 Å². The molecule has 0 aromatic carbocycles. The second-order valence-electron chi connectivity index (χ2n) is 6.19. The summed E-state index contributed by atoms with van der Waals surface area (Å²) in [4.78, 5) is 31.8. The van der Waals surface area contributed by atoms with Crippen LogP contribution in [0.15, 0.2) is 6.20 Å². The molecule has 2 aliphatic rings. The van der Waals surface area contributed by atoms with Gasteiger partial charge in [-0.25, -0.2) is 9.78 Å². The minimum Gasteiger partial charge on any atom is -0.352 e. The van der Waals surface area contributed by atoms with Gasteiger partial charge in [0.15, 0.2) is 0 Å². The van der Waals surface area contributed by atoms with Crippen molar-refractivity contribution in [1.29, 1.82) is 0 Å². The average Bonchev–Trinajstić information content (AvgIpc) is 3.06. The molecule has 7 heteroatoms. The van der Waals surface area contributed by atoms with Crippen LogP contribution in [0.2, 0.25) is 0 Å². The Morgan fingerprint density at radius 1 is 1.39 bits per heavy atom. The van der Waals surface area contributed by atoms with Crippen LogP contribution < -0.4 is 10.6 Å². The van der Waals surface area contributed by atoms with Crippen LogP contribution in [0.5, 0.6) is 0 Å². The van der Waals surface area contributed by atoms with Gasteiger partial charge in [-0.3, -0.25) is 4.79 Å². The van der Waals surface area contributed by atoms with E-state index in [4.69, 9.17) is 0 Å². The standard InChI is InChI=1S/C16H24N4O2S/c1-2-12-10-18-14(23-12)7-8-17-16(22)20-9-3-4-13(20)15(21)19-11-5-6-11/h10-11,13H,2-9H2,1H3,(H,17,22)(H,19,21)/t13-/m1/s1. The van der Waals surface area contributed by atoms with Gasteiger partial charge in [0.25, 0.3) is 0 Å². The molecule has 23 heavy (non-hydrogen) atoms. The van der Waals surface area contributed by atoms with E-state index in [1.54, 1.807) is 16.2 Å². The molecule has 6 nitrogen and oxygen atoms in total. The number of hydrogen-bond donors (Lipinski definition) is 2. The van der Waals surface area contributed by atoms with Crippen molar-refractivity contribution in [3.63, 3.8) is 0 Å². The molecule has 1 saturated heterocycles. The van der Waals surface area contributed by atoms with Crippen LogP contribution >= 0.6 is 11.3 Å². The van der Waals surface area contributed by atoms with E-state index in [2.05, 4.69) is 22.5 Å². The first-order valence-electron chi connectivity index (χ1n) is 8.45. The van der Waals surface area contributed by atoms with Gasteiger partial charge in [0.2, 0.25) is 5.91 Å². The van der Waals surface area contributed by atoms with Crippen molar-refractivity contribution in [2.24, 2.45) is 0 Å². The number of hydrogen-bond acceptors (Lipinski definition) is 4. The molecule has 1 aliphatic heterocycles. The number of rotatable bonds is 6. The second-order valence-corrected chi connectivity index (χ2v) is 7.39. The summed E-state index contributed by atoms with van der Waals surface area (Å²) in [6.07, 6.45) is 7.43. The Morgan fingerprint density at radius 2 is 2.22 bits per heavy atom. The number of amides is 3. The third kappa shape index (κ3) is 4.22. The number of likely N-dealkylation sites (tertiary alicyclic amines) is 1. The number of thiazole rings is 1. The highest BCUT2D eigenvalue weighted by Crippen LogP contribution is 2.22. The summed E-state index contributed by atoms with van der Waals surface area (Å²) in [5, 5.41) is 6.98. The summed E-state index contributed by atoms with van der Waals surface area (Å²) in [5.41, 5.74) is 0. The summed E-state index contributed by atoms with van der Waals surface area (Å²) in [6, 6.07) is -0.0986. The zero-order valence-corrected chi connectivity index (χ0v) is 14.3. The van der Waals surface area contributed by atoms with Crippen LogP contribution in [0.3, 0.4) is 0 Å². The molecule has 3 amide bonds. The fraction of sp³-hybridized carbons (Fsp3) is 0.688. The molecule has 0 spiro atoms. The molecule has 3 rings (SSSR count). The number of carbonyl (C=O) groups is 2. The summed E-state index contributed by atoms with van der Waals surface area (Å²) in [6.45, 7) is 3.33. The van der Waals surface area contributed by atoms with Crippen LogP contribution in [0.4, 0.5) is 4.79 Å². The molecule has 1 aromatic rings. The predicted molar refractivity (Wildman–Crippen MR) is 89.5 cm³/mol. The Balaban J connectivity index is 1.45. The lowest BCUT2D eigenvalue weighted by atomic mass is 10.2. The third-order valence-electron chi connectivity index (χ3n) is 4.31. The number of nitrogens with zero attached hydrogens (tertiary/aromatic N) is 2. The zero-order chi connectivity index (χ0) is 16.2. The largest absolute Gasteiger partial charge is 0.352 e. The van der Waals surface area contributed by atoms with E-state index < -0.39 is 0 Å². The van der Waals surface area contributed by atoms with E-state index in [-0.39, 0.29) is 18.0 Å². The number of aromatic nitrogens is 1. The van der Waals surface area contributed by atoms with Gasteiger partial charge in [0, 0.05) is 36.6 Å². The van der Waals surface area contributed by atoms with E-state index in [0.29, 0.717) is 19.1 Å². The molecule has 0 bridgehead atoms. The highest BCUT2D eigenvalue weighted by Gasteiger charge is 2.36. The highest BCUT2D eigenvalue weighted by molar-refractivity contribution is 7.11. The number of urea groups is 1. The molecule has 0 unspecified atom stereocenters.